The minimum Gasteiger partial charge on any atom is -0.444 e. The molecular weight excluding hydrogens is 356 g/mol. The molecule has 0 aliphatic heterocycles. The average molecular weight is 384 g/mol. The first-order valence-electron chi connectivity index (χ1n) is 8.63. The Bertz CT molecular complexity index is 723. The molecule has 7 nitrogen and oxygen atoms in total. The highest BCUT2D eigenvalue weighted by Gasteiger charge is 2.16. The fourth-order valence-corrected chi connectivity index (χ4v) is 3.31. The van der Waals surface area contributed by atoms with Crippen molar-refractivity contribution in [2.45, 2.75) is 52.6 Å². The van der Waals surface area contributed by atoms with E-state index in [4.69, 9.17) is 4.74 Å². The van der Waals surface area contributed by atoms with Crippen LogP contribution in [0.3, 0.4) is 0 Å². The third-order valence-corrected chi connectivity index (χ3v) is 4.62. The van der Waals surface area contributed by atoms with E-state index in [0.717, 1.165) is 6.42 Å². The molecule has 0 aliphatic rings. The number of unbranched alkanes of at least 4 members (excludes halogenated alkanes) is 1. The van der Waals surface area contributed by atoms with Crippen LogP contribution in [-0.2, 0) is 14.8 Å². The summed E-state index contributed by atoms with van der Waals surface area (Å²) in [5.41, 5.74) is 0.135. The van der Waals surface area contributed by atoms with Crippen molar-refractivity contribution in [3.63, 3.8) is 0 Å². The number of carbonyl (C=O) groups is 2. The number of rotatable bonds is 9. The topological polar surface area (TPSA) is 102 Å². The molecular formula is C18H28N2O5S. The van der Waals surface area contributed by atoms with Crippen molar-refractivity contribution in [2.24, 2.45) is 0 Å². The molecule has 26 heavy (non-hydrogen) atoms. The minimum absolute atomic E-state index is 0.0431. The third-order valence-electron chi connectivity index (χ3n) is 3.24. The van der Waals surface area contributed by atoms with Gasteiger partial charge < -0.3 is 10.1 Å². The number of hydrogen-bond acceptors (Lipinski definition) is 5. The molecule has 0 radical (unpaired) electrons. The summed E-state index contributed by atoms with van der Waals surface area (Å²) in [6.45, 7) is 7.32. The Morgan fingerprint density at radius 2 is 1.88 bits per heavy atom. The van der Waals surface area contributed by atoms with Gasteiger partial charge in [-0.3, -0.25) is 9.52 Å². The highest BCUT2D eigenvalue weighted by Crippen LogP contribution is 2.14. The summed E-state index contributed by atoms with van der Waals surface area (Å²) in [5, 5.41) is 2.52. The highest BCUT2D eigenvalue weighted by atomic mass is 32.2. The highest BCUT2D eigenvalue weighted by molar-refractivity contribution is 7.92. The molecule has 0 saturated carbocycles. The molecule has 0 saturated heterocycles. The molecule has 1 rings (SSSR count). The molecule has 0 heterocycles. The van der Waals surface area contributed by atoms with Crippen LogP contribution in [0, 0.1) is 0 Å². The maximum Gasteiger partial charge on any atom is 0.407 e. The lowest BCUT2D eigenvalue weighted by atomic mass is 10.1. The largest absolute Gasteiger partial charge is 0.444 e. The summed E-state index contributed by atoms with van der Waals surface area (Å²) in [4.78, 5) is 23.8. The Morgan fingerprint density at radius 1 is 1.19 bits per heavy atom. The first-order chi connectivity index (χ1) is 12.0. The molecule has 1 aromatic rings. The molecule has 8 heteroatoms. The quantitative estimate of drug-likeness (QED) is 0.636. The van der Waals surface area contributed by atoms with Gasteiger partial charge in [0.15, 0.2) is 5.78 Å². The number of nitrogens with one attached hydrogen (secondary N) is 2. The zero-order valence-corrected chi connectivity index (χ0v) is 16.6. The smallest absolute Gasteiger partial charge is 0.407 e. The van der Waals surface area contributed by atoms with E-state index < -0.39 is 21.7 Å². The van der Waals surface area contributed by atoms with Gasteiger partial charge in [0.25, 0.3) is 0 Å². The summed E-state index contributed by atoms with van der Waals surface area (Å²) >= 11 is 0. The fraction of sp³-hybridized carbons (Fsp3) is 0.556. The van der Waals surface area contributed by atoms with Crippen LogP contribution in [0.5, 0.6) is 0 Å². The van der Waals surface area contributed by atoms with Crippen molar-refractivity contribution in [2.75, 3.05) is 17.0 Å². The summed E-state index contributed by atoms with van der Waals surface area (Å²) in [5.74, 6) is -0.155. The van der Waals surface area contributed by atoms with Crippen molar-refractivity contribution < 1.29 is 22.7 Å². The van der Waals surface area contributed by atoms with Gasteiger partial charge in [-0.15, -0.1) is 0 Å². The van der Waals surface area contributed by atoms with Crippen LogP contribution in [0.4, 0.5) is 10.5 Å². The van der Waals surface area contributed by atoms with Crippen molar-refractivity contribution in [1.82, 2.24) is 5.32 Å². The van der Waals surface area contributed by atoms with Gasteiger partial charge in [0.1, 0.15) is 5.60 Å². The van der Waals surface area contributed by atoms with E-state index >= 15 is 0 Å². The predicted molar refractivity (Wildman–Crippen MR) is 102 cm³/mol. The van der Waals surface area contributed by atoms with Gasteiger partial charge in [0.2, 0.25) is 10.0 Å². The van der Waals surface area contributed by atoms with Crippen LogP contribution < -0.4 is 10.0 Å². The average Bonchev–Trinajstić information content (AvgIpc) is 2.51. The molecule has 0 spiro atoms. The number of Topliss-reactive ketones (excluding diaryl/α,β-unsaturated/α-hetero) is 1. The van der Waals surface area contributed by atoms with Crippen molar-refractivity contribution in [3.8, 4) is 0 Å². The van der Waals surface area contributed by atoms with Crippen molar-refractivity contribution in [1.29, 1.82) is 0 Å². The van der Waals surface area contributed by atoms with Gasteiger partial charge in [-0.05, 0) is 39.3 Å². The van der Waals surface area contributed by atoms with Crippen LogP contribution in [0.1, 0.15) is 57.3 Å². The van der Waals surface area contributed by atoms with Gasteiger partial charge in [-0.2, -0.15) is 0 Å². The van der Waals surface area contributed by atoms with Crippen LogP contribution >= 0.6 is 0 Å². The normalized spacial score (nSPS) is 11.7. The second-order valence-corrected chi connectivity index (χ2v) is 8.80. The molecule has 0 unspecified atom stereocenters. The van der Waals surface area contributed by atoms with Crippen LogP contribution in [-0.4, -0.2) is 38.2 Å². The summed E-state index contributed by atoms with van der Waals surface area (Å²) < 4.78 is 31.5. The van der Waals surface area contributed by atoms with Gasteiger partial charge in [-0.25, -0.2) is 13.2 Å². The van der Waals surface area contributed by atoms with E-state index in [2.05, 4.69) is 10.0 Å². The summed E-state index contributed by atoms with van der Waals surface area (Å²) in [6, 6.07) is 6.32. The lowest BCUT2D eigenvalue weighted by molar-refractivity contribution is 0.0527. The molecule has 1 aromatic carbocycles. The van der Waals surface area contributed by atoms with E-state index in [1.54, 1.807) is 39.0 Å². The zero-order valence-electron chi connectivity index (χ0n) is 15.8. The molecule has 146 valence electrons. The van der Waals surface area contributed by atoms with Crippen LogP contribution in [0.2, 0.25) is 0 Å². The SMILES string of the molecule is CCCCS(=O)(=O)Nc1cccc(C(=O)CCNC(=O)OC(C)(C)C)c1. The maximum absolute atomic E-state index is 12.2. The minimum atomic E-state index is -3.42. The van der Waals surface area contributed by atoms with Gasteiger partial charge >= 0.3 is 6.09 Å². The first kappa shape index (κ1) is 22.0. The Morgan fingerprint density at radius 3 is 2.50 bits per heavy atom. The van der Waals surface area contributed by atoms with E-state index in [1.165, 1.54) is 6.07 Å². The fourth-order valence-electron chi connectivity index (χ4n) is 2.06. The van der Waals surface area contributed by atoms with Gasteiger partial charge in [0, 0.05) is 24.2 Å². The number of sulfonamides is 1. The molecule has 0 bridgehead atoms. The van der Waals surface area contributed by atoms with Gasteiger partial charge in [0.05, 0.1) is 5.75 Å². The van der Waals surface area contributed by atoms with E-state index in [0.29, 0.717) is 17.7 Å². The van der Waals surface area contributed by atoms with Crippen molar-refractivity contribution >= 4 is 27.6 Å². The number of ketones is 1. The van der Waals surface area contributed by atoms with E-state index in [9.17, 15) is 18.0 Å². The first-order valence-corrected chi connectivity index (χ1v) is 10.3. The molecule has 0 aliphatic carbocycles. The van der Waals surface area contributed by atoms with E-state index in [1.807, 2.05) is 6.92 Å². The Hall–Kier alpha value is -2.09. The number of benzene rings is 1. The molecule has 0 atom stereocenters. The number of ether oxygens (including phenoxy) is 1. The second kappa shape index (κ2) is 9.56. The maximum atomic E-state index is 12.2. The lowest BCUT2D eigenvalue weighted by Gasteiger charge is -2.19. The van der Waals surface area contributed by atoms with Gasteiger partial charge in [-0.1, -0.05) is 25.5 Å². The Balaban J connectivity index is 2.59. The molecule has 0 aromatic heterocycles. The third kappa shape index (κ3) is 8.84. The Labute approximate surface area is 155 Å². The molecule has 0 fully saturated rings. The predicted octanol–water partition coefficient (Wildman–Crippen LogP) is 3.33. The molecule has 2 N–H and O–H groups in total. The van der Waals surface area contributed by atoms with Crippen molar-refractivity contribution in [3.05, 3.63) is 29.8 Å². The Kier molecular flexibility index (Phi) is 8.08. The number of hydrogen-bond donors (Lipinski definition) is 2. The number of carbonyl (C=O) groups excluding carboxylic acids is 2. The standard InChI is InChI=1S/C18H28N2O5S/c1-5-6-12-26(23,24)20-15-9-7-8-14(13-15)16(21)10-11-19-17(22)25-18(2,3)4/h7-9,13,20H,5-6,10-12H2,1-4H3,(H,19,22). The number of amides is 1. The number of anilines is 1. The summed E-state index contributed by atoms with van der Waals surface area (Å²) in [7, 11) is -3.42. The zero-order chi connectivity index (χ0) is 19.8. The number of alkyl carbamates (subject to hydrolysis) is 1. The second-order valence-electron chi connectivity index (χ2n) is 6.96. The molecule has 1 amide bonds. The monoisotopic (exact) mass is 384 g/mol. The van der Waals surface area contributed by atoms with E-state index in [-0.39, 0.29) is 24.5 Å². The lowest BCUT2D eigenvalue weighted by Crippen LogP contribution is -2.33. The van der Waals surface area contributed by atoms with Crippen LogP contribution in [0.25, 0.3) is 0 Å². The van der Waals surface area contributed by atoms with Crippen LogP contribution in [0.15, 0.2) is 24.3 Å². The summed E-state index contributed by atoms with van der Waals surface area (Å²) in [6.07, 6.45) is 0.863.